The normalized spacial score (nSPS) is 13.9. The van der Waals surface area contributed by atoms with E-state index >= 15 is 0 Å². The SMILES string of the molecule is Cc1c[c-]c(-n2c3ccccc3c3ccc(Oc4[c-]c(-c5cc6c(cn5)CC(c5ccccc5)C6)c5oc6ccc7ccccc7c6c5c4)nc32)cc1C.[Pt+2]. The quantitative estimate of drug-likeness (QED) is 0.162. The Hall–Kier alpha value is -6.03. The van der Waals surface area contributed by atoms with E-state index in [1.54, 1.807) is 0 Å². The van der Waals surface area contributed by atoms with Crippen LogP contribution in [0.4, 0.5) is 0 Å². The van der Waals surface area contributed by atoms with Gasteiger partial charge in [0.2, 0.25) is 5.88 Å². The van der Waals surface area contributed by atoms with Gasteiger partial charge >= 0.3 is 21.1 Å². The van der Waals surface area contributed by atoms with Crippen molar-refractivity contribution in [1.29, 1.82) is 0 Å². The van der Waals surface area contributed by atoms with Crippen molar-refractivity contribution in [3.8, 4) is 28.6 Å². The smallest absolute Gasteiger partial charge is 0.501 e. The summed E-state index contributed by atoms with van der Waals surface area (Å²) >= 11 is 0. The number of rotatable bonds is 5. The van der Waals surface area contributed by atoms with E-state index in [0.717, 1.165) is 84.4 Å². The molecular weight excluding hydrogens is 858 g/mol. The summed E-state index contributed by atoms with van der Waals surface area (Å²) in [6.45, 7) is 4.24. The molecule has 6 heteroatoms. The number of nitrogens with zero attached hydrogens (tertiary/aromatic N) is 3. The fourth-order valence-electron chi connectivity index (χ4n) is 8.42. The van der Waals surface area contributed by atoms with Gasteiger partial charge in [0.1, 0.15) is 11.2 Å². The molecule has 55 heavy (non-hydrogen) atoms. The maximum absolute atomic E-state index is 6.72. The second kappa shape index (κ2) is 13.1. The molecule has 1 aliphatic rings. The number of benzene rings is 6. The van der Waals surface area contributed by atoms with Crippen molar-refractivity contribution >= 4 is 54.6 Å². The standard InChI is InChI=1S/C49H33N3O2.Pt/c1-29-16-18-36(22-30(29)2)52-44-15-9-8-14-39(44)40-19-21-46(51-49(40)52)53-37-26-41(43-25-34-23-33(24-35(34)28-50-43)31-10-4-3-5-11-31)48-42(27-37)47-38-13-7-6-12-32(38)17-20-45(47)54-48;/h3-17,19-22,25,27-28,33H,23-24H2,1-2H3;/q-2;+2. The Balaban J connectivity index is 0.00000372. The Morgan fingerprint density at radius 3 is 2.42 bits per heavy atom. The van der Waals surface area contributed by atoms with E-state index in [1.165, 1.54) is 27.8 Å². The van der Waals surface area contributed by atoms with Crippen molar-refractivity contribution in [3.05, 3.63) is 174 Å². The summed E-state index contributed by atoms with van der Waals surface area (Å²) in [6.07, 6.45) is 3.99. The average Bonchev–Trinajstić information content (AvgIpc) is 3.91. The van der Waals surface area contributed by atoms with E-state index in [0.29, 0.717) is 17.5 Å². The molecule has 0 bridgehead atoms. The molecule has 4 heterocycles. The topological polar surface area (TPSA) is 53.1 Å². The van der Waals surface area contributed by atoms with Gasteiger partial charge in [-0.25, -0.2) is 0 Å². The molecule has 11 rings (SSSR count). The van der Waals surface area contributed by atoms with Crippen molar-refractivity contribution in [2.24, 2.45) is 0 Å². The van der Waals surface area contributed by atoms with Gasteiger partial charge in [0.25, 0.3) is 0 Å². The predicted octanol–water partition coefficient (Wildman–Crippen LogP) is 12.2. The van der Waals surface area contributed by atoms with Crippen LogP contribution in [0, 0.1) is 26.0 Å². The van der Waals surface area contributed by atoms with Gasteiger partial charge in [0.05, 0.1) is 11.1 Å². The minimum Gasteiger partial charge on any atom is -0.501 e. The van der Waals surface area contributed by atoms with Crippen LogP contribution in [0.5, 0.6) is 11.6 Å². The van der Waals surface area contributed by atoms with Gasteiger partial charge in [-0.3, -0.25) is 0 Å². The molecule has 0 spiro atoms. The van der Waals surface area contributed by atoms with Gasteiger partial charge in [-0.05, 0) is 70.1 Å². The Labute approximate surface area is 332 Å². The number of para-hydroxylation sites is 1. The molecule has 0 saturated carbocycles. The van der Waals surface area contributed by atoms with Crippen LogP contribution in [0.15, 0.2) is 138 Å². The van der Waals surface area contributed by atoms with Crippen LogP contribution >= 0.6 is 0 Å². The van der Waals surface area contributed by atoms with Crippen LogP contribution in [0.3, 0.4) is 0 Å². The molecule has 10 aromatic rings. The third-order valence-electron chi connectivity index (χ3n) is 11.3. The van der Waals surface area contributed by atoms with Crippen LogP contribution in [-0.2, 0) is 33.9 Å². The Morgan fingerprint density at radius 2 is 1.55 bits per heavy atom. The predicted molar refractivity (Wildman–Crippen MR) is 217 cm³/mol. The molecular formula is C49H33N3O2Pt. The molecule has 0 N–H and O–H groups in total. The summed E-state index contributed by atoms with van der Waals surface area (Å²) in [5.41, 5.74) is 12.3. The van der Waals surface area contributed by atoms with Crippen LogP contribution in [0.1, 0.15) is 33.7 Å². The molecule has 1 unspecified atom stereocenters. The first-order valence-corrected chi connectivity index (χ1v) is 18.5. The van der Waals surface area contributed by atoms with E-state index < -0.39 is 0 Å². The second-order valence-corrected chi connectivity index (χ2v) is 14.5. The van der Waals surface area contributed by atoms with E-state index in [9.17, 15) is 0 Å². The van der Waals surface area contributed by atoms with Gasteiger partial charge < -0.3 is 18.7 Å². The Bertz CT molecular complexity index is 3130. The molecule has 0 saturated heterocycles. The number of ether oxygens (including phenoxy) is 1. The Kier molecular flexibility index (Phi) is 7.97. The van der Waals surface area contributed by atoms with Gasteiger partial charge in [-0.2, -0.15) is 28.2 Å². The molecule has 0 radical (unpaired) electrons. The van der Waals surface area contributed by atoms with Crippen LogP contribution in [0.25, 0.3) is 71.6 Å². The zero-order chi connectivity index (χ0) is 35.9. The van der Waals surface area contributed by atoms with Gasteiger partial charge in [-0.1, -0.05) is 128 Å². The van der Waals surface area contributed by atoms with Crippen molar-refractivity contribution < 1.29 is 30.2 Å². The summed E-state index contributed by atoms with van der Waals surface area (Å²) in [5.74, 6) is 1.46. The number of aromatic nitrogens is 3. The molecule has 0 aliphatic heterocycles. The van der Waals surface area contributed by atoms with Crippen molar-refractivity contribution in [2.75, 3.05) is 0 Å². The van der Waals surface area contributed by atoms with E-state index in [-0.39, 0.29) is 21.1 Å². The van der Waals surface area contributed by atoms with Crippen molar-refractivity contribution in [1.82, 2.24) is 14.5 Å². The van der Waals surface area contributed by atoms with Crippen molar-refractivity contribution in [3.63, 3.8) is 0 Å². The average molecular weight is 891 g/mol. The first-order valence-electron chi connectivity index (χ1n) is 18.5. The summed E-state index contributed by atoms with van der Waals surface area (Å²) in [4.78, 5) is 10.2. The summed E-state index contributed by atoms with van der Waals surface area (Å²) < 4.78 is 15.6. The third-order valence-corrected chi connectivity index (χ3v) is 11.3. The Morgan fingerprint density at radius 1 is 0.745 bits per heavy atom. The first-order chi connectivity index (χ1) is 26.6. The van der Waals surface area contributed by atoms with E-state index in [2.05, 4.69) is 140 Å². The number of fused-ring (bicyclic) bond motifs is 9. The third kappa shape index (κ3) is 5.48. The molecule has 0 fully saturated rings. The zero-order valence-electron chi connectivity index (χ0n) is 30.2. The number of hydrogen-bond donors (Lipinski definition) is 0. The summed E-state index contributed by atoms with van der Waals surface area (Å²) in [5, 5.41) is 6.45. The molecule has 4 aromatic heterocycles. The number of furan rings is 1. The fraction of sp³-hybridized carbons (Fsp3) is 0.102. The van der Waals surface area contributed by atoms with Crippen molar-refractivity contribution in [2.45, 2.75) is 32.6 Å². The van der Waals surface area contributed by atoms with Gasteiger partial charge in [0.15, 0.2) is 0 Å². The van der Waals surface area contributed by atoms with E-state index in [4.69, 9.17) is 19.1 Å². The second-order valence-electron chi connectivity index (χ2n) is 14.5. The molecule has 5 nitrogen and oxygen atoms in total. The number of pyridine rings is 2. The van der Waals surface area contributed by atoms with Gasteiger partial charge in [0, 0.05) is 34.2 Å². The molecule has 6 aromatic carbocycles. The minimum absolute atomic E-state index is 0. The number of aryl methyl sites for hydroxylation is 2. The van der Waals surface area contributed by atoms with Gasteiger partial charge in [-0.15, -0.1) is 6.07 Å². The zero-order valence-corrected chi connectivity index (χ0v) is 32.4. The largest absolute Gasteiger partial charge is 2.00 e. The summed E-state index contributed by atoms with van der Waals surface area (Å²) in [7, 11) is 0. The monoisotopic (exact) mass is 890 g/mol. The minimum atomic E-state index is 0. The molecule has 1 aliphatic carbocycles. The first kappa shape index (κ1) is 33.5. The van der Waals surface area contributed by atoms with Crippen LogP contribution in [-0.4, -0.2) is 14.5 Å². The maximum atomic E-state index is 6.72. The van der Waals surface area contributed by atoms with Crippen LogP contribution < -0.4 is 4.74 Å². The molecule has 0 amide bonds. The van der Waals surface area contributed by atoms with Crippen LogP contribution in [0.2, 0.25) is 0 Å². The number of hydrogen-bond acceptors (Lipinski definition) is 4. The molecule has 266 valence electrons. The maximum Gasteiger partial charge on any atom is 2.00 e. The fourth-order valence-corrected chi connectivity index (χ4v) is 8.42. The van der Waals surface area contributed by atoms with E-state index in [1.807, 2.05) is 24.4 Å². The summed E-state index contributed by atoms with van der Waals surface area (Å²) in [6, 6.07) is 51.4. The molecule has 1 atom stereocenters.